The van der Waals surface area contributed by atoms with Gasteiger partial charge in [-0.25, -0.2) is 0 Å². The van der Waals surface area contributed by atoms with Gasteiger partial charge in [-0.15, -0.1) is 0 Å². The number of piperidine rings is 1. The van der Waals surface area contributed by atoms with Gasteiger partial charge in [-0.2, -0.15) is 10.4 Å². The standard InChI is InChI=1S/C25H26N4O2/c1-17(2)29-16-21-8-7-18(13-23(21)27-29)14-24(30)19-9-11-28(12-10-19)25(31)22-6-4-3-5-20(22)15-26/h3-8,13,16-17,19H,9-12,14H2,1-2H3. The first-order chi connectivity index (χ1) is 15.0. The van der Waals surface area contributed by atoms with Gasteiger partial charge in [-0.05, 0) is 50.5 Å². The van der Waals surface area contributed by atoms with Crippen LogP contribution in [0.25, 0.3) is 10.9 Å². The molecular formula is C25H26N4O2. The van der Waals surface area contributed by atoms with Crippen LogP contribution in [0.5, 0.6) is 0 Å². The van der Waals surface area contributed by atoms with Crippen LogP contribution in [0, 0.1) is 17.2 Å². The zero-order valence-electron chi connectivity index (χ0n) is 17.9. The lowest BCUT2D eigenvalue weighted by molar-refractivity contribution is -0.123. The fourth-order valence-electron chi connectivity index (χ4n) is 4.14. The van der Waals surface area contributed by atoms with Gasteiger partial charge in [-0.1, -0.05) is 24.3 Å². The molecule has 3 aromatic rings. The van der Waals surface area contributed by atoms with E-state index in [-0.39, 0.29) is 17.6 Å². The molecular weight excluding hydrogens is 388 g/mol. The van der Waals surface area contributed by atoms with E-state index < -0.39 is 0 Å². The number of Topliss-reactive ketones (excluding diaryl/α,β-unsaturated/α-hetero) is 1. The lowest BCUT2D eigenvalue weighted by Crippen LogP contribution is -2.40. The number of rotatable bonds is 5. The van der Waals surface area contributed by atoms with E-state index in [1.54, 1.807) is 29.2 Å². The molecule has 1 aromatic heterocycles. The van der Waals surface area contributed by atoms with Gasteiger partial charge in [0.05, 0.1) is 22.7 Å². The van der Waals surface area contributed by atoms with Crippen LogP contribution >= 0.6 is 0 Å². The summed E-state index contributed by atoms with van der Waals surface area (Å²) in [6.45, 7) is 5.25. The number of carbonyl (C=O) groups is 2. The molecule has 158 valence electrons. The van der Waals surface area contributed by atoms with E-state index >= 15 is 0 Å². The number of fused-ring (bicyclic) bond motifs is 1. The SMILES string of the molecule is CC(C)n1cc2ccc(CC(=O)C3CCN(C(=O)c4ccccc4C#N)CC3)cc2n1. The van der Waals surface area contributed by atoms with Crippen LogP contribution in [0.4, 0.5) is 0 Å². The predicted octanol–water partition coefficient (Wildman–Crippen LogP) is 4.15. The van der Waals surface area contributed by atoms with Crippen LogP contribution in [0.1, 0.15) is 54.2 Å². The van der Waals surface area contributed by atoms with Gasteiger partial charge in [0.15, 0.2) is 0 Å². The number of likely N-dealkylation sites (tertiary alicyclic amines) is 1. The number of ketones is 1. The molecule has 2 aromatic carbocycles. The van der Waals surface area contributed by atoms with Crippen molar-refractivity contribution in [1.29, 1.82) is 5.26 Å². The Morgan fingerprint density at radius 2 is 1.90 bits per heavy atom. The normalized spacial score (nSPS) is 14.7. The average molecular weight is 415 g/mol. The Morgan fingerprint density at radius 1 is 1.16 bits per heavy atom. The van der Waals surface area contributed by atoms with Crippen molar-refractivity contribution < 1.29 is 9.59 Å². The second kappa shape index (κ2) is 8.73. The molecule has 1 saturated heterocycles. The minimum atomic E-state index is -0.130. The molecule has 4 rings (SSSR count). The summed E-state index contributed by atoms with van der Waals surface area (Å²) in [5.41, 5.74) is 2.72. The molecule has 0 atom stereocenters. The highest BCUT2D eigenvalue weighted by atomic mass is 16.2. The van der Waals surface area contributed by atoms with E-state index in [0.29, 0.717) is 49.5 Å². The van der Waals surface area contributed by atoms with Crippen molar-refractivity contribution in [3.05, 3.63) is 65.4 Å². The largest absolute Gasteiger partial charge is 0.339 e. The summed E-state index contributed by atoms with van der Waals surface area (Å²) < 4.78 is 1.94. The lowest BCUT2D eigenvalue weighted by Gasteiger charge is -2.31. The summed E-state index contributed by atoms with van der Waals surface area (Å²) in [7, 11) is 0. The molecule has 0 bridgehead atoms. The molecule has 6 heteroatoms. The maximum atomic E-state index is 12.9. The van der Waals surface area contributed by atoms with E-state index in [0.717, 1.165) is 16.5 Å². The Morgan fingerprint density at radius 3 is 2.61 bits per heavy atom. The topological polar surface area (TPSA) is 79.0 Å². The van der Waals surface area contributed by atoms with Gasteiger partial charge in [0.1, 0.15) is 5.78 Å². The Labute approximate surface area is 182 Å². The molecule has 1 aliphatic rings. The highest BCUT2D eigenvalue weighted by Gasteiger charge is 2.28. The Kier molecular flexibility index (Phi) is 5.85. The first-order valence-electron chi connectivity index (χ1n) is 10.7. The van der Waals surface area contributed by atoms with Crippen molar-refractivity contribution in [3.8, 4) is 6.07 Å². The van der Waals surface area contributed by atoms with Crippen molar-refractivity contribution in [3.63, 3.8) is 0 Å². The summed E-state index contributed by atoms with van der Waals surface area (Å²) in [6.07, 6.45) is 3.73. The van der Waals surface area contributed by atoms with Gasteiger partial charge in [0.25, 0.3) is 5.91 Å². The van der Waals surface area contributed by atoms with Crippen molar-refractivity contribution in [2.75, 3.05) is 13.1 Å². The minimum absolute atomic E-state index is 0.0424. The number of amides is 1. The van der Waals surface area contributed by atoms with E-state index in [1.165, 1.54) is 0 Å². The van der Waals surface area contributed by atoms with Crippen molar-refractivity contribution in [2.45, 2.75) is 39.2 Å². The maximum absolute atomic E-state index is 12.9. The number of hydrogen-bond acceptors (Lipinski definition) is 4. The smallest absolute Gasteiger partial charge is 0.255 e. The number of carbonyl (C=O) groups excluding carboxylic acids is 2. The number of benzene rings is 2. The second-order valence-electron chi connectivity index (χ2n) is 8.46. The Balaban J connectivity index is 1.38. The highest BCUT2D eigenvalue weighted by molar-refractivity contribution is 5.97. The molecule has 0 radical (unpaired) electrons. The molecule has 1 aliphatic heterocycles. The van der Waals surface area contributed by atoms with Gasteiger partial charge < -0.3 is 4.90 Å². The third kappa shape index (κ3) is 4.36. The summed E-state index contributed by atoms with van der Waals surface area (Å²) in [5, 5.41) is 14.9. The fraction of sp³-hybridized carbons (Fsp3) is 0.360. The molecule has 1 amide bonds. The molecule has 0 aliphatic carbocycles. The van der Waals surface area contributed by atoms with E-state index in [2.05, 4.69) is 25.0 Å². The van der Waals surface area contributed by atoms with Crippen LogP contribution in [-0.2, 0) is 11.2 Å². The third-order valence-corrected chi connectivity index (χ3v) is 6.01. The maximum Gasteiger partial charge on any atom is 0.255 e. The van der Waals surface area contributed by atoms with E-state index in [4.69, 9.17) is 0 Å². The summed E-state index contributed by atoms with van der Waals surface area (Å²) in [5.74, 6) is 0.0422. The Bertz CT molecular complexity index is 1160. The quantitative estimate of drug-likeness (QED) is 0.628. The number of hydrogen-bond donors (Lipinski definition) is 0. The van der Waals surface area contributed by atoms with Gasteiger partial charge in [0.2, 0.25) is 0 Å². The molecule has 0 spiro atoms. The van der Waals surface area contributed by atoms with Crippen LogP contribution in [0.3, 0.4) is 0 Å². The molecule has 1 fully saturated rings. The molecule has 0 unspecified atom stereocenters. The van der Waals surface area contributed by atoms with Crippen LogP contribution < -0.4 is 0 Å². The third-order valence-electron chi connectivity index (χ3n) is 6.01. The molecule has 31 heavy (non-hydrogen) atoms. The second-order valence-corrected chi connectivity index (χ2v) is 8.46. The zero-order chi connectivity index (χ0) is 22.0. The van der Waals surface area contributed by atoms with E-state index in [1.807, 2.05) is 29.1 Å². The van der Waals surface area contributed by atoms with Gasteiger partial charge in [0, 0.05) is 43.1 Å². The first-order valence-corrected chi connectivity index (χ1v) is 10.7. The van der Waals surface area contributed by atoms with Crippen LogP contribution in [0.2, 0.25) is 0 Å². The highest BCUT2D eigenvalue weighted by Crippen LogP contribution is 2.24. The lowest BCUT2D eigenvalue weighted by atomic mass is 9.89. The first kappa shape index (κ1) is 20.8. The average Bonchev–Trinajstić information content (AvgIpc) is 3.22. The van der Waals surface area contributed by atoms with E-state index in [9.17, 15) is 14.9 Å². The summed E-state index contributed by atoms with van der Waals surface area (Å²) in [6, 6.07) is 15.3. The summed E-state index contributed by atoms with van der Waals surface area (Å²) in [4.78, 5) is 27.4. The van der Waals surface area contributed by atoms with Crippen LogP contribution in [-0.4, -0.2) is 39.5 Å². The molecule has 2 heterocycles. The number of nitriles is 1. The fourth-order valence-corrected chi connectivity index (χ4v) is 4.14. The van der Waals surface area contributed by atoms with Crippen LogP contribution in [0.15, 0.2) is 48.7 Å². The molecule has 0 saturated carbocycles. The monoisotopic (exact) mass is 414 g/mol. The van der Waals surface area contributed by atoms with Crippen molar-refractivity contribution in [1.82, 2.24) is 14.7 Å². The molecule has 0 N–H and O–H groups in total. The summed E-state index contributed by atoms with van der Waals surface area (Å²) >= 11 is 0. The Hall–Kier alpha value is -3.46. The van der Waals surface area contributed by atoms with Crippen molar-refractivity contribution in [2.24, 2.45) is 5.92 Å². The minimum Gasteiger partial charge on any atom is -0.339 e. The predicted molar refractivity (Wildman–Crippen MR) is 119 cm³/mol. The van der Waals surface area contributed by atoms with Gasteiger partial charge >= 0.3 is 0 Å². The van der Waals surface area contributed by atoms with Crippen molar-refractivity contribution >= 4 is 22.6 Å². The van der Waals surface area contributed by atoms with Gasteiger partial charge in [-0.3, -0.25) is 14.3 Å². The zero-order valence-corrected chi connectivity index (χ0v) is 17.9. The molecule has 6 nitrogen and oxygen atoms in total. The number of nitrogens with zero attached hydrogens (tertiary/aromatic N) is 4. The number of aromatic nitrogens is 2.